The summed E-state index contributed by atoms with van der Waals surface area (Å²) < 4.78 is 19.8. The number of carbonyl (C=O) groups excluding carboxylic acids is 2. The van der Waals surface area contributed by atoms with Crippen LogP contribution in [0.3, 0.4) is 0 Å². The van der Waals surface area contributed by atoms with E-state index in [9.17, 15) is 19.7 Å². The highest BCUT2D eigenvalue weighted by atomic mass is 28.4. The van der Waals surface area contributed by atoms with Crippen LogP contribution in [0.25, 0.3) is 6.08 Å². The minimum Gasteiger partial charge on any atom is -0.459 e. The van der Waals surface area contributed by atoms with Gasteiger partial charge in [-0.05, 0) is 119 Å². The number of benzene rings is 4. The van der Waals surface area contributed by atoms with Gasteiger partial charge in [-0.1, -0.05) is 112 Å². The van der Waals surface area contributed by atoms with Crippen molar-refractivity contribution in [3.8, 4) is 0 Å². The number of amides is 2. The SMILES string of the molecule is CC/C(=C\c1ccc(CO)o1)CC[C@H]1OB(O)C[C@H]2C1=C(CO[Si](c1ccccc1)(c1ccccc1)C(C)(C)C)C[C@H]1C(=O)N(c3ccc(Nc4ccccc4)cc3)C(=O)[C@H]12. The van der Waals surface area contributed by atoms with Crippen molar-refractivity contribution >= 4 is 60.8 Å². The predicted octanol–water partition coefficient (Wildman–Crippen LogP) is 8.67. The molecule has 11 heteroatoms. The van der Waals surface area contributed by atoms with E-state index in [0.29, 0.717) is 36.5 Å². The van der Waals surface area contributed by atoms with Crippen LogP contribution in [-0.4, -0.2) is 50.1 Å². The predicted molar refractivity (Wildman–Crippen MR) is 244 cm³/mol. The molecule has 3 N–H and O–H groups in total. The van der Waals surface area contributed by atoms with Crippen LogP contribution in [0.5, 0.6) is 0 Å². The number of nitrogens with zero attached hydrogens (tertiary/aromatic N) is 1. The summed E-state index contributed by atoms with van der Waals surface area (Å²) >= 11 is 0. The number of aliphatic hydroxyl groups is 1. The van der Waals surface area contributed by atoms with Crippen molar-refractivity contribution in [2.24, 2.45) is 17.8 Å². The Bertz CT molecular complexity index is 2340. The van der Waals surface area contributed by atoms with E-state index in [2.05, 4.69) is 81.5 Å². The smallest absolute Gasteiger partial charge is 0.455 e. The topological polar surface area (TPSA) is 121 Å². The number of rotatable bonds is 14. The molecule has 3 heterocycles. The fourth-order valence-electron chi connectivity index (χ4n) is 9.92. The molecule has 4 aromatic carbocycles. The molecular weight excluding hydrogens is 779 g/mol. The van der Waals surface area contributed by atoms with Crippen molar-refractivity contribution in [2.45, 2.75) is 77.4 Å². The molecule has 1 aromatic heterocycles. The standard InChI is InChI=1S/C50H55BN2O7Si/c1-5-34(29-39-26-27-40(32-54)59-39)21-28-45-46-35(33-58-61(50(2,3)4,41-17-11-7-12-18-41)42-19-13-8-14-20-42)30-43-47(44(46)31-51(57)60-45)49(56)53(48(43)55)38-24-22-37(23-25-38)52-36-15-9-6-10-16-36/h6-20,22-27,29,43-45,47,52,54,57H,5,21,28,30-33H2,1-4H3/b34-29+/t43-,44+,45-,47-/m1/s1. The van der Waals surface area contributed by atoms with Gasteiger partial charge in [0.1, 0.15) is 18.1 Å². The summed E-state index contributed by atoms with van der Waals surface area (Å²) in [4.78, 5) is 30.8. The number of nitrogens with one attached hydrogen (secondary N) is 1. The lowest BCUT2D eigenvalue weighted by Gasteiger charge is -2.46. The Morgan fingerprint density at radius 3 is 2.07 bits per heavy atom. The summed E-state index contributed by atoms with van der Waals surface area (Å²) in [7, 11) is -4.11. The third kappa shape index (κ3) is 8.50. The number of hydrogen-bond donors (Lipinski definition) is 3. The lowest BCUT2D eigenvalue weighted by atomic mass is 9.58. The van der Waals surface area contributed by atoms with Gasteiger partial charge in [0.15, 0.2) is 0 Å². The van der Waals surface area contributed by atoms with Gasteiger partial charge >= 0.3 is 7.12 Å². The van der Waals surface area contributed by atoms with Crippen molar-refractivity contribution in [2.75, 3.05) is 16.8 Å². The fraction of sp³-hybridized carbons (Fsp3) is 0.320. The second-order valence-electron chi connectivity index (χ2n) is 17.5. The van der Waals surface area contributed by atoms with Crippen LogP contribution in [0.2, 0.25) is 11.4 Å². The van der Waals surface area contributed by atoms with Crippen LogP contribution in [-0.2, 0) is 25.3 Å². The van der Waals surface area contributed by atoms with Crippen LogP contribution in [0, 0.1) is 17.8 Å². The molecule has 4 atom stereocenters. The van der Waals surface area contributed by atoms with Crippen molar-refractivity contribution in [1.29, 1.82) is 0 Å². The molecule has 61 heavy (non-hydrogen) atoms. The summed E-state index contributed by atoms with van der Waals surface area (Å²) in [5.41, 5.74) is 5.39. The van der Waals surface area contributed by atoms with Crippen LogP contribution < -0.4 is 20.6 Å². The van der Waals surface area contributed by atoms with Gasteiger partial charge in [-0.25, -0.2) is 0 Å². The van der Waals surface area contributed by atoms with Gasteiger partial charge < -0.3 is 28.9 Å². The number of aliphatic hydroxyl groups excluding tert-OH is 1. The number of allylic oxidation sites excluding steroid dienone is 1. The number of hydrogen-bond acceptors (Lipinski definition) is 8. The van der Waals surface area contributed by atoms with Crippen LogP contribution in [0.1, 0.15) is 64.9 Å². The second-order valence-corrected chi connectivity index (χ2v) is 21.8. The first kappa shape index (κ1) is 42.4. The Balaban J connectivity index is 1.17. The maximum atomic E-state index is 14.7. The van der Waals surface area contributed by atoms with E-state index in [1.54, 1.807) is 6.07 Å². The van der Waals surface area contributed by atoms with Crippen molar-refractivity contribution in [3.63, 3.8) is 0 Å². The largest absolute Gasteiger partial charge is 0.459 e. The zero-order valence-corrected chi connectivity index (χ0v) is 36.4. The van der Waals surface area contributed by atoms with Crippen LogP contribution in [0.15, 0.2) is 149 Å². The molecule has 314 valence electrons. The number of imide groups is 1. The molecule has 5 aromatic rings. The Morgan fingerprint density at radius 2 is 1.48 bits per heavy atom. The molecule has 8 rings (SSSR count). The van der Waals surface area contributed by atoms with E-state index in [0.717, 1.165) is 44.9 Å². The van der Waals surface area contributed by atoms with Gasteiger partial charge in [-0.15, -0.1) is 0 Å². The molecule has 2 amide bonds. The van der Waals surface area contributed by atoms with E-state index >= 15 is 0 Å². The first-order valence-electron chi connectivity index (χ1n) is 21.5. The van der Waals surface area contributed by atoms with Crippen LogP contribution >= 0.6 is 0 Å². The van der Waals surface area contributed by atoms with Crippen molar-refractivity contribution in [3.05, 3.63) is 156 Å². The van der Waals surface area contributed by atoms with Crippen LogP contribution in [0.4, 0.5) is 17.1 Å². The molecule has 9 nitrogen and oxygen atoms in total. The zero-order valence-electron chi connectivity index (χ0n) is 35.4. The van der Waals surface area contributed by atoms with E-state index in [1.165, 1.54) is 4.90 Å². The normalized spacial score (nSPS) is 20.9. The molecule has 1 aliphatic carbocycles. The van der Waals surface area contributed by atoms with Gasteiger partial charge in [0.25, 0.3) is 8.32 Å². The van der Waals surface area contributed by atoms with Gasteiger partial charge in [0.2, 0.25) is 11.8 Å². The molecular formula is C50H55BN2O7Si. The van der Waals surface area contributed by atoms with Gasteiger partial charge in [-0.2, -0.15) is 0 Å². The minimum absolute atomic E-state index is 0.172. The molecule has 0 bridgehead atoms. The summed E-state index contributed by atoms with van der Waals surface area (Å²) in [6.45, 7) is 8.92. The third-order valence-electron chi connectivity index (χ3n) is 12.7. The van der Waals surface area contributed by atoms with Crippen molar-refractivity contribution < 1.29 is 33.2 Å². The number of para-hydroxylation sites is 1. The zero-order chi connectivity index (χ0) is 42.7. The fourth-order valence-corrected chi connectivity index (χ4v) is 14.5. The van der Waals surface area contributed by atoms with Crippen molar-refractivity contribution in [1.82, 2.24) is 0 Å². The molecule has 2 aliphatic heterocycles. The second kappa shape index (κ2) is 18.0. The Labute approximate surface area is 360 Å². The van der Waals surface area contributed by atoms with E-state index in [4.69, 9.17) is 13.5 Å². The van der Waals surface area contributed by atoms with Gasteiger partial charge in [0.05, 0.1) is 30.2 Å². The molecule has 2 saturated heterocycles. The number of carbonyl (C=O) groups is 2. The Morgan fingerprint density at radius 1 is 0.852 bits per heavy atom. The number of fused-ring (bicyclic) bond motifs is 3. The summed E-state index contributed by atoms with van der Waals surface area (Å²) in [6.07, 6.45) is 4.03. The molecule has 2 fully saturated rings. The summed E-state index contributed by atoms with van der Waals surface area (Å²) in [5.74, 6) is -0.983. The number of anilines is 3. The first-order chi connectivity index (χ1) is 29.5. The lowest BCUT2D eigenvalue weighted by molar-refractivity contribution is -0.122. The van der Waals surface area contributed by atoms with Gasteiger partial charge in [0, 0.05) is 11.4 Å². The quantitative estimate of drug-likeness (QED) is 0.0578. The highest BCUT2D eigenvalue weighted by Crippen LogP contribution is 2.52. The Hall–Kier alpha value is -5.30. The first-order valence-corrected chi connectivity index (χ1v) is 23.4. The van der Waals surface area contributed by atoms with E-state index in [-0.39, 0.29) is 36.4 Å². The average molecular weight is 835 g/mol. The van der Waals surface area contributed by atoms with E-state index in [1.807, 2.05) is 78.9 Å². The third-order valence-corrected chi connectivity index (χ3v) is 17.7. The maximum absolute atomic E-state index is 14.7. The highest BCUT2D eigenvalue weighted by Gasteiger charge is 2.58. The molecule has 0 spiro atoms. The highest BCUT2D eigenvalue weighted by molar-refractivity contribution is 6.99. The Kier molecular flexibility index (Phi) is 12.5. The lowest BCUT2D eigenvalue weighted by Crippen LogP contribution is -2.66. The summed E-state index contributed by atoms with van der Waals surface area (Å²) in [5, 5.41) is 26.4. The average Bonchev–Trinajstić information content (AvgIpc) is 3.83. The molecule has 3 aliphatic rings. The molecule has 0 radical (unpaired) electrons. The monoisotopic (exact) mass is 834 g/mol. The number of furan rings is 1. The molecule has 0 saturated carbocycles. The minimum atomic E-state index is -3.01. The maximum Gasteiger partial charge on any atom is 0.455 e. The van der Waals surface area contributed by atoms with Gasteiger partial charge in [-0.3, -0.25) is 14.5 Å². The summed E-state index contributed by atoms with van der Waals surface area (Å²) in [6, 6.07) is 41.9. The molecule has 0 unspecified atom stereocenters. The van der Waals surface area contributed by atoms with E-state index < -0.39 is 39.3 Å².